The molecule has 162 valence electrons. The predicted molar refractivity (Wildman–Crippen MR) is 125 cm³/mol. The molecule has 2 aromatic carbocycles. The van der Waals surface area contributed by atoms with Gasteiger partial charge in [0, 0.05) is 31.5 Å². The summed E-state index contributed by atoms with van der Waals surface area (Å²) in [5.41, 5.74) is 3.39. The van der Waals surface area contributed by atoms with E-state index in [0.29, 0.717) is 23.8 Å². The number of methoxy groups -OCH3 is 3. The summed E-state index contributed by atoms with van der Waals surface area (Å²) in [5.74, 6) is 1.84. The largest absolute Gasteiger partial charge is 0.493 e. The van der Waals surface area contributed by atoms with Crippen molar-refractivity contribution in [1.29, 1.82) is 0 Å². The zero-order chi connectivity index (χ0) is 21.8. The molecule has 1 N–H and O–H groups in total. The second-order valence-corrected chi connectivity index (χ2v) is 7.71. The third-order valence-electron chi connectivity index (χ3n) is 5.59. The standard InChI is InChI=1S/C24H27N3O3S/c1-28-20-14-18(15-21(29-2)23(20)30-3)22-19-10-7-11-26(19)12-13-27(22)24(31)25-16-17-8-5-4-6-9-17/h4-11,14-15,22H,12-13,16H2,1-3H3,(H,25,31). The first-order valence-electron chi connectivity index (χ1n) is 10.2. The van der Waals surface area contributed by atoms with Crippen LogP contribution in [-0.4, -0.2) is 42.5 Å². The number of benzene rings is 2. The monoisotopic (exact) mass is 437 g/mol. The van der Waals surface area contributed by atoms with Crippen molar-refractivity contribution in [3.63, 3.8) is 0 Å². The Morgan fingerprint density at radius 2 is 1.68 bits per heavy atom. The van der Waals surface area contributed by atoms with Gasteiger partial charge in [0.05, 0.1) is 27.4 Å². The van der Waals surface area contributed by atoms with Crippen molar-refractivity contribution in [2.24, 2.45) is 0 Å². The lowest BCUT2D eigenvalue weighted by Crippen LogP contribution is -2.46. The van der Waals surface area contributed by atoms with Crippen LogP contribution in [-0.2, 0) is 13.1 Å². The summed E-state index contributed by atoms with van der Waals surface area (Å²) in [6, 6.07) is 18.4. The van der Waals surface area contributed by atoms with Gasteiger partial charge in [0.15, 0.2) is 16.6 Å². The lowest BCUT2D eigenvalue weighted by molar-refractivity contribution is 0.282. The van der Waals surface area contributed by atoms with Gasteiger partial charge in [0.25, 0.3) is 0 Å². The molecule has 0 saturated heterocycles. The molecule has 0 amide bonds. The maximum absolute atomic E-state index is 5.84. The molecule has 0 saturated carbocycles. The SMILES string of the molecule is COc1cc(C2c3cccn3CCN2C(=S)NCc2ccccc2)cc(OC)c1OC. The van der Waals surface area contributed by atoms with E-state index < -0.39 is 0 Å². The fourth-order valence-electron chi connectivity index (χ4n) is 4.09. The van der Waals surface area contributed by atoms with E-state index in [1.165, 1.54) is 11.3 Å². The van der Waals surface area contributed by atoms with Crippen molar-refractivity contribution in [3.8, 4) is 17.2 Å². The quantitative estimate of drug-likeness (QED) is 0.589. The lowest BCUT2D eigenvalue weighted by Gasteiger charge is -2.39. The molecule has 1 atom stereocenters. The Balaban J connectivity index is 1.69. The Bertz CT molecular complexity index is 1030. The van der Waals surface area contributed by atoms with E-state index >= 15 is 0 Å². The average Bonchev–Trinajstić information content (AvgIpc) is 3.30. The van der Waals surface area contributed by atoms with Crippen molar-refractivity contribution in [3.05, 3.63) is 77.6 Å². The molecule has 6 nitrogen and oxygen atoms in total. The first kappa shape index (κ1) is 21.1. The predicted octanol–water partition coefficient (Wildman–Crippen LogP) is 3.99. The minimum absolute atomic E-state index is 0.0757. The number of fused-ring (bicyclic) bond motifs is 1. The molecule has 3 aromatic rings. The molecular formula is C24H27N3O3S. The molecule has 4 rings (SSSR count). The Hall–Kier alpha value is -3.19. The van der Waals surface area contributed by atoms with Gasteiger partial charge in [0.2, 0.25) is 5.75 Å². The maximum atomic E-state index is 5.84. The number of hydrogen-bond donors (Lipinski definition) is 1. The van der Waals surface area contributed by atoms with Crippen molar-refractivity contribution >= 4 is 17.3 Å². The van der Waals surface area contributed by atoms with Gasteiger partial charge >= 0.3 is 0 Å². The van der Waals surface area contributed by atoms with E-state index in [9.17, 15) is 0 Å². The van der Waals surface area contributed by atoms with Crippen molar-refractivity contribution in [2.75, 3.05) is 27.9 Å². The Morgan fingerprint density at radius 3 is 2.32 bits per heavy atom. The molecule has 0 aliphatic carbocycles. The zero-order valence-electron chi connectivity index (χ0n) is 18.0. The highest BCUT2D eigenvalue weighted by Gasteiger charge is 2.32. The number of aromatic nitrogens is 1. The minimum Gasteiger partial charge on any atom is -0.493 e. The van der Waals surface area contributed by atoms with Crippen LogP contribution in [0, 0.1) is 0 Å². The highest BCUT2D eigenvalue weighted by molar-refractivity contribution is 7.80. The van der Waals surface area contributed by atoms with E-state index in [4.69, 9.17) is 26.4 Å². The van der Waals surface area contributed by atoms with Gasteiger partial charge < -0.3 is 29.0 Å². The van der Waals surface area contributed by atoms with Gasteiger partial charge in [-0.1, -0.05) is 30.3 Å². The molecule has 7 heteroatoms. The van der Waals surface area contributed by atoms with Crippen LogP contribution in [0.1, 0.15) is 22.9 Å². The van der Waals surface area contributed by atoms with E-state index in [-0.39, 0.29) is 6.04 Å². The summed E-state index contributed by atoms with van der Waals surface area (Å²) >= 11 is 5.84. The summed E-state index contributed by atoms with van der Waals surface area (Å²) < 4.78 is 19.0. The summed E-state index contributed by atoms with van der Waals surface area (Å²) in [6.45, 7) is 2.35. The highest BCUT2D eigenvalue weighted by atomic mass is 32.1. The van der Waals surface area contributed by atoms with Crippen LogP contribution in [0.4, 0.5) is 0 Å². The van der Waals surface area contributed by atoms with Gasteiger partial charge in [-0.25, -0.2) is 0 Å². The Labute approximate surface area is 188 Å². The van der Waals surface area contributed by atoms with E-state index in [1.54, 1.807) is 21.3 Å². The van der Waals surface area contributed by atoms with Crippen LogP contribution in [0.3, 0.4) is 0 Å². The fraction of sp³-hybridized carbons (Fsp3) is 0.292. The highest BCUT2D eigenvalue weighted by Crippen LogP contribution is 2.43. The molecule has 1 unspecified atom stereocenters. The average molecular weight is 438 g/mol. The number of hydrogen-bond acceptors (Lipinski definition) is 4. The second-order valence-electron chi connectivity index (χ2n) is 7.33. The number of rotatable bonds is 6. The number of ether oxygens (including phenoxy) is 3. The van der Waals surface area contributed by atoms with Crippen molar-refractivity contribution in [1.82, 2.24) is 14.8 Å². The Kier molecular flexibility index (Phi) is 6.32. The van der Waals surface area contributed by atoms with Crippen LogP contribution in [0.5, 0.6) is 17.2 Å². The smallest absolute Gasteiger partial charge is 0.203 e. The van der Waals surface area contributed by atoms with Crippen molar-refractivity contribution < 1.29 is 14.2 Å². The van der Waals surface area contributed by atoms with Gasteiger partial charge in [-0.2, -0.15) is 0 Å². The fourth-order valence-corrected chi connectivity index (χ4v) is 4.36. The molecule has 2 heterocycles. The third-order valence-corrected chi connectivity index (χ3v) is 5.97. The minimum atomic E-state index is -0.0757. The molecule has 1 aliphatic rings. The third kappa shape index (κ3) is 4.18. The Morgan fingerprint density at radius 1 is 0.968 bits per heavy atom. The van der Waals surface area contributed by atoms with Gasteiger partial charge in [-0.15, -0.1) is 0 Å². The molecule has 0 bridgehead atoms. The van der Waals surface area contributed by atoms with Gasteiger partial charge in [0.1, 0.15) is 0 Å². The molecular weight excluding hydrogens is 410 g/mol. The zero-order valence-corrected chi connectivity index (χ0v) is 18.8. The topological polar surface area (TPSA) is 47.9 Å². The van der Waals surface area contributed by atoms with Crippen LogP contribution in [0.15, 0.2) is 60.8 Å². The summed E-state index contributed by atoms with van der Waals surface area (Å²) in [6.07, 6.45) is 2.11. The van der Waals surface area contributed by atoms with E-state index in [1.807, 2.05) is 30.3 Å². The molecule has 31 heavy (non-hydrogen) atoms. The lowest BCUT2D eigenvalue weighted by atomic mass is 9.99. The normalized spacial score (nSPS) is 15.2. The number of thiocarbonyl (C=S) groups is 1. The van der Waals surface area contributed by atoms with Gasteiger partial charge in [-0.3, -0.25) is 0 Å². The second kappa shape index (κ2) is 9.31. The number of nitrogens with zero attached hydrogens (tertiary/aromatic N) is 2. The van der Waals surface area contributed by atoms with Gasteiger partial charge in [-0.05, 0) is 47.6 Å². The van der Waals surface area contributed by atoms with Crippen LogP contribution < -0.4 is 19.5 Å². The summed E-state index contributed by atoms with van der Waals surface area (Å²) in [5, 5.41) is 4.15. The van der Waals surface area contributed by atoms with Crippen molar-refractivity contribution in [2.45, 2.75) is 19.1 Å². The molecule has 0 spiro atoms. The molecule has 1 aliphatic heterocycles. The molecule has 1 aromatic heterocycles. The first-order chi connectivity index (χ1) is 15.2. The van der Waals surface area contributed by atoms with E-state index in [0.717, 1.165) is 23.8 Å². The maximum Gasteiger partial charge on any atom is 0.203 e. The summed E-state index contributed by atoms with van der Waals surface area (Å²) in [4.78, 5) is 2.23. The first-order valence-corrected chi connectivity index (χ1v) is 10.6. The molecule has 0 fully saturated rings. The van der Waals surface area contributed by atoms with Crippen LogP contribution in [0.2, 0.25) is 0 Å². The summed E-state index contributed by atoms with van der Waals surface area (Å²) in [7, 11) is 4.88. The van der Waals surface area contributed by atoms with Crippen LogP contribution in [0.25, 0.3) is 0 Å². The van der Waals surface area contributed by atoms with E-state index in [2.05, 4.69) is 45.2 Å². The van der Waals surface area contributed by atoms with Crippen LogP contribution >= 0.6 is 12.2 Å². The number of nitrogens with one attached hydrogen (secondary N) is 1. The molecule has 0 radical (unpaired) electrons.